The number of carbonyl (C=O) groups excluding carboxylic acids is 1. The van der Waals surface area contributed by atoms with Crippen LogP contribution in [0.1, 0.15) is 10.6 Å². The average molecular weight is 439 g/mol. The number of rotatable bonds is 4. The van der Waals surface area contributed by atoms with E-state index in [9.17, 15) is 9.59 Å². The molecule has 0 spiro atoms. The molecule has 1 fully saturated rings. The van der Waals surface area contributed by atoms with Gasteiger partial charge in [0.25, 0.3) is 5.56 Å². The van der Waals surface area contributed by atoms with Crippen molar-refractivity contribution in [3.8, 4) is 22.6 Å². The zero-order chi connectivity index (χ0) is 22.4. The number of nitrogens with zero attached hydrogens (tertiary/aromatic N) is 3. The number of aromatic amines is 2. The molecule has 0 bridgehead atoms. The first-order chi connectivity index (χ1) is 16.2. The molecule has 1 aromatic carbocycles. The predicted octanol–water partition coefficient (Wildman–Crippen LogP) is 3.76. The second kappa shape index (κ2) is 7.67. The number of aldehydes is 1. The number of anilines is 2. The molecule has 3 aliphatic rings. The number of imidazole rings is 1. The van der Waals surface area contributed by atoms with E-state index in [4.69, 9.17) is 9.40 Å². The number of furan rings is 1. The van der Waals surface area contributed by atoms with Gasteiger partial charge in [0.1, 0.15) is 5.82 Å². The first-order valence-electron chi connectivity index (χ1n) is 10.9. The van der Waals surface area contributed by atoms with Crippen LogP contribution in [-0.2, 0) is 0 Å². The molecule has 33 heavy (non-hydrogen) atoms. The minimum Gasteiger partial charge on any atom is -0.438 e. The fourth-order valence-corrected chi connectivity index (χ4v) is 4.49. The molecular formula is C25H21N5O3. The van der Waals surface area contributed by atoms with Gasteiger partial charge >= 0.3 is 0 Å². The second-order valence-corrected chi connectivity index (χ2v) is 8.12. The van der Waals surface area contributed by atoms with Gasteiger partial charge in [-0.3, -0.25) is 9.59 Å². The minimum absolute atomic E-state index is 0.151. The zero-order valence-electron chi connectivity index (χ0n) is 17.7. The summed E-state index contributed by atoms with van der Waals surface area (Å²) in [5, 5.41) is 0. The monoisotopic (exact) mass is 439 g/mol. The first-order valence-corrected chi connectivity index (χ1v) is 10.9. The Bertz CT molecular complexity index is 1490. The number of aromatic nitrogens is 3. The third-order valence-corrected chi connectivity index (χ3v) is 6.17. The number of carbonyl (C=O) groups is 1. The highest BCUT2D eigenvalue weighted by Crippen LogP contribution is 2.30. The van der Waals surface area contributed by atoms with E-state index in [0.717, 1.165) is 66.3 Å². The smallest absolute Gasteiger partial charge is 0.260 e. The Kier molecular flexibility index (Phi) is 4.50. The number of benzene rings is 1. The maximum Gasteiger partial charge on any atom is 0.260 e. The molecule has 2 N–H and O–H groups in total. The van der Waals surface area contributed by atoms with Crippen LogP contribution in [-0.4, -0.2) is 47.4 Å². The minimum atomic E-state index is -0.151. The van der Waals surface area contributed by atoms with Crippen molar-refractivity contribution in [3.63, 3.8) is 0 Å². The lowest BCUT2D eigenvalue weighted by molar-refractivity contribution is 0.110. The van der Waals surface area contributed by atoms with Crippen molar-refractivity contribution in [3.05, 3.63) is 76.8 Å². The van der Waals surface area contributed by atoms with Crippen LogP contribution < -0.4 is 15.4 Å². The average Bonchev–Trinajstić information content (AvgIpc) is 3.51. The molecule has 6 rings (SSSR count). The van der Waals surface area contributed by atoms with E-state index in [1.165, 1.54) is 0 Å². The number of hydrogen-bond donors (Lipinski definition) is 2. The normalized spacial score (nSPS) is 14.3. The molecule has 1 aliphatic carbocycles. The third kappa shape index (κ3) is 3.36. The Balaban J connectivity index is 1.26. The Morgan fingerprint density at radius 2 is 1.73 bits per heavy atom. The first kappa shape index (κ1) is 19.4. The summed E-state index contributed by atoms with van der Waals surface area (Å²) in [7, 11) is 0. The van der Waals surface area contributed by atoms with E-state index in [0.29, 0.717) is 17.1 Å². The van der Waals surface area contributed by atoms with Crippen molar-refractivity contribution in [1.82, 2.24) is 15.0 Å². The fourth-order valence-electron chi connectivity index (χ4n) is 4.49. The lowest BCUT2D eigenvalue weighted by Gasteiger charge is -2.36. The van der Waals surface area contributed by atoms with Gasteiger partial charge in [0.15, 0.2) is 17.9 Å². The molecular weight excluding hydrogens is 418 g/mol. The second-order valence-electron chi connectivity index (χ2n) is 8.12. The van der Waals surface area contributed by atoms with Gasteiger partial charge in [-0.25, -0.2) is 4.98 Å². The van der Waals surface area contributed by atoms with E-state index in [1.54, 1.807) is 6.07 Å². The molecule has 1 saturated heterocycles. The van der Waals surface area contributed by atoms with Crippen LogP contribution in [0.25, 0.3) is 33.7 Å². The quantitative estimate of drug-likeness (QED) is 0.414. The third-order valence-electron chi connectivity index (χ3n) is 6.17. The van der Waals surface area contributed by atoms with Crippen molar-refractivity contribution in [2.75, 3.05) is 36.0 Å². The number of fused-ring (bicyclic) bond motifs is 2. The van der Waals surface area contributed by atoms with Gasteiger partial charge in [-0.1, -0.05) is 24.3 Å². The lowest BCUT2D eigenvalue weighted by atomic mass is 10.1. The van der Waals surface area contributed by atoms with Crippen LogP contribution in [0.2, 0.25) is 0 Å². The Labute approximate surface area is 188 Å². The van der Waals surface area contributed by atoms with E-state index in [2.05, 4.69) is 31.9 Å². The summed E-state index contributed by atoms with van der Waals surface area (Å²) in [5.74, 6) is 1.64. The van der Waals surface area contributed by atoms with Crippen molar-refractivity contribution >= 4 is 28.9 Å². The summed E-state index contributed by atoms with van der Waals surface area (Å²) in [6, 6.07) is 19.2. The van der Waals surface area contributed by atoms with Crippen LogP contribution in [0.3, 0.4) is 0 Å². The van der Waals surface area contributed by atoms with Crippen LogP contribution >= 0.6 is 0 Å². The van der Waals surface area contributed by atoms with E-state index >= 15 is 0 Å². The summed E-state index contributed by atoms with van der Waals surface area (Å²) in [6.45, 7) is 3.24. The number of piperazine rings is 1. The summed E-state index contributed by atoms with van der Waals surface area (Å²) < 4.78 is 5.55. The Morgan fingerprint density at radius 3 is 2.55 bits per heavy atom. The van der Waals surface area contributed by atoms with Gasteiger partial charge in [0, 0.05) is 49.2 Å². The van der Waals surface area contributed by atoms with Gasteiger partial charge in [-0.2, -0.15) is 0 Å². The Hall–Kier alpha value is -4.33. The van der Waals surface area contributed by atoms with Crippen LogP contribution in [0, 0.1) is 0 Å². The molecule has 0 amide bonds. The molecule has 8 nitrogen and oxygen atoms in total. The SMILES string of the molecule is O=Cc1ccc(N2CCN(c3ccc4nc(-c5c6cccccc-6[nH]c5=O)[nH]c4c3)CC2)o1. The lowest BCUT2D eigenvalue weighted by Crippen LogP contribution is -2.46. The topological polar surface area (TPSA) is 98.2 Å². The van der Waals surface area contributed by atoms with E-state index < -0.39 is 0 Å². The zero-order valence-corrected chi connectivity index (χ0v) is 17.7. The van der Waals surface area contributed by atoms with Crippen molar-refractivity contribution < 1.29 is 9.21 Å². The summed E-state index contributed by atoms with van der Waals surface area (Å²) in [6.07, 6.45) is 0.722. The maximum absolute atomic E-state index is 12.6. The largest absolute Gasteiger partial charge is 0.438 e. The molecule has 0 radical (unpaired) electrons. The summed E-state index contributed by atoms with van der Waals surface area (Å²) in [5.41, 5.74) is 4.84. The van der Waals surface area contributed by atoms with Gasteiger partial charge < -0.3 is 24.2 Å². The highest BCUT2D eigenvalue weighted by atomic mass is 16.4. The molecule has 0 unspecified atom stereocenters. The molecule has 0 saturated carbocycles. The number of H-pyrrole nitrogens is 2. The van der Waals surface area contributed by atoms with Gasteiger partial charge in [-0.05, 0) is 30.3 Å². The number of nitrogens with one attached hydrogen (secondary N) is 2. The standard InChI is InChI=1S/C25H21N5O3/c31-15-17-7-9-22(33-17)30-12-10-29(11-13-30)16-6-8-20-21(14-16)27-24(26-20)23-18-4-2-1-3-5-19(18)28-25(23)32/h1-9,14-15H,10-13H2,(H,26,27)(H,28,32). The fraction of sp³-hybridized carbons (Fsp3) is 0.160. The molecule has 3 aromatic rings. The summed E-state index contributed by atoms with van der Waals surface area (Å²) >= 11 is 0. The predicted molar refractivity (Wildman–Crippen MR) is 127 cm³/mol. The molecule has 0 atom stereocenters. The molecule has 2 aromatic heterocycles. The van der Waals surface area contributed by atoms with Gasteiger partial charge in [0.2, 0.25) is 0 Å². The van der Waals surface area contributed by atoms with E-state index in [1.807, 2.05) is 42.5 Å². The van der Waals surface area contributed by atoms with Crippen molar-refractivity contribution in [1.29, 1.82) is 0 Å². The van der Waals surface area contributed by atoms with Crippen LogP contribution in [0.15, 0.2) is 69.9 Å². The van der Waals surface area contributed by atoms with E-state index in [-0.39, 0.29) is 5.56 Å². The highest BCUT2D eigenvalue weighted by molar-refractivity contribution is 5.87. The summed E-state index contributed by atoms with van der Waals surface area (Å²) in [4.78, 5) is 38.9. The molecule has 8 heteroatoms. The highest BCUT2D eigenvalue weighted by Gasteiger charge is 2.22. The van der Waals surface area contributed by atoms with Crippen LogP contribution in [0.5, 0.6) is 0 Å². The molecule has 2 aliphatic heterocycles. The van der Waals surface area contributed by atoms with Crippen LogP contribution in [0.4, 0.5) is 11.6 Å². The molecule has 4 heterocycles. The Morgan fingerprint density at radius 1 is 0.909 bits per heavy atom. The van der Waals surface area contributed by atoms with Gasteiger partial charge in [0.05, 0.1) is 16.6 Å². The maximum atomic E-state index is 12.6. The molecule has 164 valence electrons. The van der Waals surface area contributed by atoms with Crippen molar-refractivity contribution in [2.45, 2.75) is 0 Å². The van der Waals surface area contributed by atoms with Gasteiger partial charge in [-0.15, -0.1) is 0 Å². The number of hydrogen-bond acceptors (Lipinski definition) is 6. The van der Waals surface area contributed by atoms with Crippen molar-refractivity contribution in [2.24, 2.45) is 0 Å².